The molecule has 2 unspecified atom stereocenters. The third kappa shape index (κ3) is 4.06. The van der Waals surface area contributed by atoms with E-state index in [2.05, 4.69) is 53.3 Å². The summed E-state index contributed by atoms with van der Waals surface area (Å²) in [7, 11) is 2.20. The molecule has 5 nitrogen and oxygen atoms in total. The number of nitrogens with one attached hydrogen (secondary N) is 2. The molecule has 1 fully saturated rings. The van der Waals surface area contributed by atoms with Crippen molar-refractivity contribution in [2.45, 2.75) is 59.0 Å². The normalized spacial score (nSPS) is 23.1. The molecule has 0 saturated carbocycles. The molecule has 0 amide bonds. The highest BCUT2D eigenvalue weighted by Crippen LogP contribution is 2.24. The molecule has 1 aromatic rings. The summed E-state index contributed by atoms with van der Waals surface area (Å²) in [6, 6.07) is 1.13. The van der Waals surface area contributed by atoms with E-state index < -0.39 is 0 Å². The molecule has 1 aliphatic rings. The van der Waals surface area contributed by atoms with E-state index in [1.807, 2.05) is 6.92 Å². The lowest BCUT2D eigenvalue weighted by Crippen LogP contribution is -2.42. The Morgan fingerprint density at radius 2 is 1.95 bits per heavy atom. The van der Waals surface area contributed by atoms with Gasteiger partial charge in [-0.1, -0.05) is 6.92 Å². The number of likely N-dealkylation sites (tertiary alicyclic amines) is 1. The van der Waals surface area contributed by atoms with Crippen molar-refractivity contribution in [1.82, 2.24) is 14.9 Å². The second kappa shape index (κ2) is 7.07. The van der Waals surface area contributed by atoms with Crippen LogP contribution in [-0.2, 0) is 0 Å². The number of rotatable bonds is 5. The number of aromatic nitrogens is 2. The Labute approximate surface area is 128 Å². The second-order valence-corrected chi connectivity index (χ2v) is 6.22. The van der Waals surface area contributed by atoms with Gasteiger partial charge in [0, 0.05) is 30.7 Å². The summed E-state index contributed by atoms with van der Waals surface area (Å²) in [5, 5.41) is 7.04. The van der Waals surface area contributed by atoms with Gasteiger partial charge in [0.1, 0.15) is 17.5 Å². The van der Waals surface area contributed by atoms with E-state index in [1.165, 1.54) is 6.42 Å². The first-order chi connectivity index (χ1) is 10.0. The van der Waals surface area contributed by atoms with E-state index in [1.54, 1.807) is 0 Å². The lowest BCUT2D eigenvalue weighted by Gasteiger charge is -2.35. The Balaban J connectivity index is 2.10. The molecule has 118 valence electrons. The third-order valence-electron chi connectivity index (χ3n) is 4.35. The van der Waals surface area contributed by atoms with Gasteiger partial charge in [0.2, 0.25) is 0 Å². The van der Waals surface area contributed by atoms with Crippen LogP contribution in [0.1, 0.15) is 44.5 Å². The molecule has 5 heteroatoms. The van der Waals surface area contributed by atoms with Crippen molar-refractivity contribution >= 4 is 11.6 Å². The van der Waals surface area contributed by atoms with Crippen LogP contribution >= 0.6 is 0 Å². The van der Waals surface area contributed by atoms with E-state index in [-0.39, 0.29) is 0 Å². The maximum atomic E-state index is 4.60. The van der Waals surface area contributed by atoms with Gasteiger partial charge in [-0.15, -0.1) is 0 Å². The van der Waals surface area contributed by atoms with E-state index in [9.17, 15) is 0 Å². The number of anilines is 2. The fourth-order valence-electron chi connectivity index (χ4n) is 2.80. The van der Waals surface area contributed by atoms with Crippen LogP contribution in [0.3, 0.4) is 0 Å². The Morgan fingerprint density at radius 3 is 2.62 bits per heavy atom. The summed E-state index contributed by atoms with van der Waals surface area (Å²) in [5.41, 5.74) is 1.13. The van der Waals surface area contributed by atoms with Crippen LogP contribution in [0.4, 0.5) is 11.6 Å². The summed E-state index contributed by atoms with van der Waals surface area (Å²) in [4.78, 5) is 11.5. The predicted octanol–water partition coefficient (Wildman–Crippen LogP) is 2.81. The highest BCUT2D eigenvalue weighted by molar-refractivity contribution is 5.57. The summed E-state index contributed by atoms with van der Waals surface area (Å²) >= 11 is 0. The maximum absolute atomic E-state index is 4.60. The third-order valence-corrected chi connectivity index (χ3v) is 4.35. The first kappa shape index (κ1) is 16.0. The Morgan fingerprint density at radius 1 is 1.24 bits per heavy atom. The van der Waals surface area contributed by atoms with Crippen molar-refractivity contribution in [1.29, 1.82) is 0 Å². The van der Waals surface area contributed by atoms with Crippen molar-refractivity contribution in [3.63, 3.8) is 0 Å². The molecule has 21 heavy (non-hydrogen) atoms. The Bertz CT molecular complexity index is 474. The van der Waals surface area contributed by atoms with Gasteiger partial charge in [0.05, 0.1) is 0 Å². The van der Waals surface area contributed by atoms with Gasteiger partial charge >= 0.3 is 0 Å². The van der Waals surface area contributed by atoms with Crippen LogP contribution in [0.15, 0.2) is 0 Å². The van der Waals surface area contributed by atoms with Crippen LogP contribution in [-0.4, -0.2) is 47.1 Å². The maximum Gasteiger partial charge on any atom is 0.134 e. The zero-order chi connectivity index (χ0) is 15.4. The second-order valence-electron chi connectivity index (χ2n) is 6.22. The fraction of sp³-hybridized carbons (Fsp3) is 0.750. The van der Waals surface area contributed by atoms with Gasteiger partial charge in [0.25, 0.3) is 0 Å². The lowest BCUT2D eigenvalue weighted by atomic mass is 9.99. The number of hydrogen-bond donors (Lipinski definition) is 2. The molecule has 1 aliphatic heterocycles. The number of hydrogen-bond acceptors (Lipinski definition) is 5. The summed E-state index contributed by atoms with van der Waals surface area (Å²) in [6.07, 6.45) is 3.43. The number of aryl methyl sites for hydroxylation is 1. The SMILES string of the molecule is CCCNc1nc(C)nc(NC2CCN(C)C(C)C2)c1C. The molecule has 2 heterocycles. The summed E-state index contributed by atoms with van der Waals surface area (Å²) < 4.78 is 0. The predicted molar refractivity (Wildman–Crippen MR) is 89.0 cm³/mol. The van der Waals surface area contributed by atoms with Crippen LogP contribution in [0, 0.1) is 13.8 Å². The topological polar surface area (TPSA) is 53.1 Å². The molecular weight excluding hydrogens is 262 g/mol. The van der Waals surface area contributed by atoms with Gasteiger partial charge in [0.15, 0.2) is 0 Å². The smallest absolute Gasteiger partial charge is 0.134 e. The first-order valence-corrected chi connectivity index (χ1v) is 8.07. The molecule has 0 radical (unpaired) electrons. The molecule has 2 rings (SSSR count). The van der Waals surface area contributed by atoms with E-state index in [0.29, 0.717) is 12.1 Å². The van der Waals surface area contributed by atoms with Gasteiger partial charge in [-0.25, -0.2) is 9.97 Å². The van der Waals surface area contributed by atoms with Gasteiger partial charge < -0.3 is 15.5 Å². The molecule has 0 aromatic carbocycles. The van der Waals surface area contributed by atoms with Crippen LogP contribution < -0.4 is 10.6 Å². The monoisotopic (exact) mass is 291 g/mol. The highest BCUT2D eigenvalue weighted by atomic mass is 15.2. The van der Waals surface area contributed by atoms with E-state index in [0.717, 1.165) is 49.0 Å². The average molecular weight is 291 g/mol. The molecule has 1 saturated heterocycles. The lowest BCUT2D eigenvalue weighted by molar-refractivity contribution is 0.190. The van der Waals surface area contributed by atoms with Crippen LogP contribution in [0.25, 0.3) is 0 Å². The van der Waals surface area contributed by atoms with Gasteiger partial charge in [-0.05, 0) is 47.1 Å². The molecule has 0 aliphatic carbocycles. The largest absolute Gasteiger partial charge is 0.370 e. The van der Waals surface area contributed by atoms with E-state index in [4.69, 9.17) is 0 Å². The van der Waals surface area contributed by atoms with Crippen molar-refractivity contribution in [3.05, 3.63) is 11.4 Å². The minimum Gasteiger partial charge on any atom is -0.370 e. The van der Waals surface area contributed by atoms with Crippen LogP contribution in [0.2, 0.25) is 0 Å². The van der Waals surface area contributed by atoms with Gasteiger partial charge in [-0.3, -0.25) is 0 Å². The number of piperidine rings is 1. The molecular formula is C16H29N5. The Kier molecular flexibility index (Phi) is 5.39. The fourth-order valence-corrected chi connectivity index (χ4v) is 2.80. The molecule has 2 N–H and O–H groups in total. The highest BCUT2D eigenvalue weighted by Gasteiger charge is 2.23. The quantitative estimate of drug-likeness (QED) is 0.873. The average Bonchev–Trinajstić information content (AvgIpc) is 2.45. The Hall–Kier alpha value is -1.36. The summed E-state index contributed by atoms with van der Waals surface area (Å²) in [6.45, 7) is 10.6. The van der Waals surface area contributed by atoms with E-state index >= 15 is 0 Å². The first-order valence-electron chi connectivity index (χ1n) is 8.07. The standard InChI is InChI=1S/C16H29N5/c1-6-8-17-15-12(3)16(19-13(4)18-15)20-14-7-9-21(5)11(2)10-14/h11,14H,6-10H2,1-5H3,(H2,17,18,19,20). The van der Waals surface area contributed by atoms with Crippen LogP contribution in [0.5, 0.6) is 0 Å². The molecule has 0 spiro atoms. The minimum atomic E-state index is 0.503. The van der Waals surface area contributed by atoms with Crippen molar-refractivity contribution in [2.24, 2.45) is 0 Å². The van der Waals surface area contributed by atoms with Crippen molar-refractivity contribution < 1.29 is 0 Å². The zero-order valence-electron chi connectivity index (χ0n) is 14.0. The molecule has 1 aromatic heterocycles. The van der Waals surface area contributed by atoms with Crippen molar-refractivity contribution in [3.8, 4) is 0 Å². The van der Waals surface area contributed by atoms with Gasteiger partial charge in [-0.2, -0.15) is 0 Å². The molecule has 0 bridgehead atoms. The number of nitrogens with zero attached hydrogens (tertiary/aromatic N) is 3. The minimum absolute atomic E-state index is 0.503. The molecule has 2 atom stereocenters. The van der Waals surface area contributed by atoms with Crippen molar-refractivity contribution in [2.75, 3.05) is 30.8 Å². The zero-order valence-corrected chi connectivity index (χ0v) is 14.0. The summed E-state index contributed by atoms with van der Waals surface area (Å²) in [5.74, 6) is 2.78.